The van der Waals surface area contributed by atoms with Gasteiger partial charge in [-0.15, -0.1) is 24.0 Å². The van der Waals surface area contributed by atoms with E-state index in [-0.39, 0.29) is 35.8 Å². The number of anilines is 2. The van der Waals surface area contributed by atoms with E-state index >= 15 is 0 Å². The zero-order valence-corrected chi connectivity index (χ0v) is 20.4. The Morgan fingerprint density at radius 3 is 2.23 bits per heavy atom. The van der Waals surface area contributed by atoms with Crippen molar-refractivity contribution in [1.29, 1.82) is 0 Å². The molecule has 1 saturated heterocycles. The fraction of sp³-hybridized carbons (Fsp3) is 0.364. The number of aliphatic imine (C=N–C) groups is 1. The van der Waals surface area contributed by atoms with Crippen LogP contribution in [0.3, 0.4) is 0 Å². The number of piperazine rings is 1. The van der Waals surface area contributed by atoms with Crippen LogP contribution >= 0.6 is 35.6 Å². The van der Waals surface area contributed by atoms with Crippen molar-refractivity contribution in [1.82, 2.24) is 4.90 Å². The number of carbonyl (C=O) groups excluding carboxylic acids is 1. The predicted octanol–water partition coefficient (Wildman–Crippen LogP) is 4.19. The van der Waals surface area contributed by atoms with Crippen molar-refractivity contribution in [2.45, 2.75) is 20.4 Å². The van der Waals surface area contributed by atoms with Gasteiger partial charge in [-0.2, -0.15) is 0 Å². The molecule has 1 amide bonds. The largest absolute Gasteiger partial charge is 0.370 e. The number of nitrogens with one attached hydrogen (secondary N) is 1. The number of hydrogen-bond donors (Lipinski definition) is 2. The summed E-state index contributed by atoms with van der Waals surface area (Å²) in [5.74, 6) is 0.537. The quantitative estimate of drug-likeness (QED) is 0.338. The number of nitrogens with zero attached hydrogens (tertiary/aromatic N) is 3. The van der Waals surface area contributed by atoms with Crippen LogP contribution in [0.25, 0.3) is 0 Å². The van der Waals surface area contributed by atoms with Crippen molar-refractivity contribution in [3.63, 3.8) is 0 Å². The van der Waals surface area contributed by atoms with Gasteiger partial charge in [-0.3, -0.25) is 4.79 Å². The normalized spacial score (nSPS) is 14.5. The molecule has 162 valence electrons. The maximum atomic E-state index is 11.8. The summed E-state index contributed by atoms with van der Waals surface area (Å²) in [7, 11) is 0. The second-order valence-electron chi connectivity index (χ2n) is 7.47. The lowest BCUT2D eigenvalue weighted by Gasteiger charge is -2.36. The maximum Gasteiger partial charge on any atom is 0.226 e. The minimum Gasteiger partial charge on any atom is -0.370 e. The van der Waals surface area contributed by atoms with E-state index in [9.17, 15) is 4.79 Å². The number of nitrogens with two attached hydrogens (primary N) is 1. The Labute approximate surface area is 200 Å². The van der Waals surface area contributed by atoms with E-state index in [0.717, 1.165) is 42.5 Å². The summed E-state index contributed by atoms with van der Waals surface area (Å²) in [5, 5.41) is 3.64. The van der Waals surface area contributed by atoms with Crippen LogP contribution in [0.5, 0.6) is 0 Å². The third kappa shape index (κ3) is 6.77. The van der Waals surface area contributed by atoms with Crippen LogP contribution in [-0.4, -0.2) is 42.9 Å². The minimum absolute atomic E-state index is 0. The smallest absolute Gasteiger partial charge is 0.226 e. The van der Waals surface area contributed by atoms with E-state index in [0.29, 0.717) is 12.5 Å². The lowest BCUT2D eigenvalue weighted by Crippen LogP contribution is -2.51. The Morgan fingerprint density at radius 2 is 1.67 bits per heavy atom. The van der Waals surface area contributed by atoms with Crippen molar-refractivity contribution >= 4 is 58.8 Å². The number of rotatable bonds is 5. The van der Waals surface area contributed by atoms with Gasteiger partial charge in [-0.05, 0) is 42.0 Å². The molecule has 0 spiro atoms. The Bertz CT molecular complexity index is 847. The molecule has 3 rings (SSSR count). The molecule has 2 aromatic rings. The summed E-state index contributed by atoms with van der Waals surface area (Å²) in [4.78, 5) is 20.7. The summed E-state index contributed by atoms with van der Waals surface area (Å²) in [5.41, 5.74) is 9.23. The predicted molar refractivity (Wildman–Crippen MR) is 136 cm³/mol. The minimum atomic E-state index is -0.0424. The molecule has 1 aliphatic heterocycles. The van der Waals surface area contributed by atoms with E-state index in [4.69, 9.17) is 17.3 Å². The molecule has 0 saturated carbocycles. The van der Waals surface area contributed by atoms with Gasteiger partial charge >= 0.3 is 0 Å². The van der Waals surface area contributed by atoms with E-state index in [1.807, 2.05) is 62.4 Å². The average molecular weight is 542 g/mol. The third-order valence-electron chi connectivity index (χ3n) is 4.96. The first-order valence-corrected chi connectivity index (χ1v) is 10.3. The molecule has 8 heteroatoms. The topological polar surface area (TPSA) is 74.0 Å². The summed E-state index contributed by atoms with van der Waals surface area (Å²) in [6.07, 6.45) is 0. The van der Waals surface area contributed by atoms with Gasteiger partial charge in [-0.1, -0.05) is 37.6 Å². The maximum absolute atomic E-state index is 11.8. The molecule has 0 aromatic heterocycles. The second-order valence-corrected chi connectivity index (χ2v) is 7.90. The van der Waals surface area contributed by atoms with Crippen LogP contribution in [0.2, 0.25) is 5.02 Å². The Morgan fingerprint density at radius 1 is 1.07 bits per heavy atom. The molecule has 0 unspecified atom stereocenters. The first kappa shape index (κ1) is 24.3. The summed E-state index contributed by atoms with van der Waals surface area (Å²) in [6.45, 7) is 7.70. The molecular weight excluding hydrogens is 513 g/mol. The number of amides is 1. The third-order valence-corrected chi connectivity index (χ3v) is 5.22. The molecule has 1 fully saturated rings. The van der Waals surface area contributed by atoms with Crippen LogP contribution in [0.1, 0.15) is 19.4 Å². The zero-order valence-electron chi connectivity index (χ0n) is 17.3. The molecule has 0 atom stereocenters. The van der Waals surface area contributed by atoms with Gasteiger partial charge in [0.2, 0.25) is 5.91 Å². The van der Waals surface area contributed by atoms with Gasteiger partial charge in [-0.25, -0.2) is 4.99 Å². The highest BCUT2D eigenvalue weighted by Gasteiger charge is 2.18. The van der Waals surface area contributed by atoms with Crippen molar-refractivity contribution in [2.24, 2.45) is 16.6 Å². The standard InChI is InChI=1S/C22H28ClN5O.HI/c1-16(2)21(29)26-19-7-3-17(4-8-19)15-25-22(24)28-13-11-27(12-14-28)20-9-5-18(23)6-10-20;/h3-10,16H,11-15H2,1-2H3,(H2,24,25)(H,26,29);1H. The summed E-state index contributed by atoms with van der Waals surface area (Å²) >= 11 is 5.97. The van der Waals surface area contributed by atoms with Gasteiger partial charge in [0.15, 0.2) is 5.96 Å². The lowest BCUT2D eigenvalue weighted by atomic mass is 10.1. The molecule has 6 nitrogen and oxygen atoms in total. The van der Waals surface area contributed by atoms with Crippen molar-refractivity contribution < 1.29 is 4.79 Å². The highest BCUT2D eigenvalue weighted by Crippen LogP contribution is 2.19. The first-order chi connectivity index (χ1) is 13.9. The van der Waals surface area contributed by atoms with Crippen molar-refractivity contribution in [3.05, 3.63) is 59.1 Å². The molecule has 0 bridgehead atoms. The van der Waals surface area contributed by atoms with Crippen LogP contribution in [-0.2, 0) is 11.3 Å². The Hall–Kier alpha value is -2.00. The SMILES string of the molecule is CC(C)C(=O)Nc1ccc(CN=C(N)N2CCN(c3ccc(Cl)cc3)CC2)cc1.I. The Kier molecular flexibility index (Phi) is 9.23. The summed E-state index contributed by atoms with van der Waals surface area (Å²) in [6, 6.07) is 15.6. The highest BCUT2D eigenvalue weighted by molar-refractivity contribution is 14.0. The number of halogens is 2. The molecule has 0 radical (unpaired) electrons. The van der Waals surface area contributed by atoms with E-state index < -0.39 is 0 Å². The van der Waals surface area contributed by atoms with Crippen LogP contribution in [0.4, 0.5) is 11.4 Å². The molecule has 30 heavy (non-hydrogen) atoms. The highest BCUT2D eigenvalue weighted by atomic mass is 127. The lowest BCUT2D eigenvalue weighted by molar-refractivity contribution is -0.118. The van der Waals surface area contributed by atoms with E-state index in [1.165, 1.54) is 5.69 Å². The molecule has 1 heterocycles. The fourth-order valence-electron chi connectivity index (χ4n) is 3.10. The molecular formula is C22H29ClIN5O. The van der Waals surface area contributed by atoms with E-state index in [1.54, 1.807) is 0 Å². The van der Waals surface area contributed by atoms with Crippen LogP contribution in [0.15, 0.2) is 53.5 Å². The molecule has 2 aromatic carbocycles. The van der Waals surface area contributed by atoms with Gasteiger partial charge < -0.3 is 20.9 Å². The van der Waals surface area contributed by atoms with Crippen LogP contribution in [0, 0.1) is 5.92 Å². The molecule has 0 aliphatic carbocycles. The van der Waals surface area contributed by atoms with Crippen molar-refractivity contribution in [3.8, 4) is 0 Å². The number of guanidine groups is 1. The zero-order chi connectivity index (χ0) is 20.8. The van der Waals surface area contributed by atoms with Crippen LogP contribution < -0.4 is 16.0 Å². The fourth-order valence-corrected chi connectivity index (χ4v) is 3.22. The van der Waals surface area contributed by atoms with Gasteiger partial charge in [0.05, 0.1) is 6.54 Å². The number of benzene rings is 2. The summed E-state index contributed by atoms with van der Waals surface area (Å²) < 4.78 is 0. The number of hydrogen-bond acceptors (Lipinski definition) is 3. The van der Waals surface area contributed by atoms with E-state index in [2.05, 4.69) is 20.1 Å². The molecule has 3 N–H and O–H groups in total. The van der Waals surface area contributed by atoms with Gasteiger partial charge in [0.25, 0.3) is 0 Å². The number of carbonyl (C=O) groups is 1. The second kappa shape index (κ2) is 11.4. The van der Waals surface area contributed by atoms with Crippen molar-refractivity contribution in [2.75, 3.05) is 36.4 Å². The average Bonchev–Trinajstić information content (AvgIpc) is 2.73. The van der Waals surface area contributed by atoms with Gasteiger partial charge in [0, 0.05) is 48.5 Å². The van der Waals surface area contributed by atoms with Gasteiger partial charge in [0.1, 0.15) is 0 Å². The molecule has 1 aliphatic rings. The Balaban J connectivity index is 0.00000320. The first-order valence-electron chi connectivity index (χ1n) is 9.87. The monoisotopic (exact) mass is 541 g/mol.